The highest BCUT2D eigenvalue weighted by atomic mass is 35.5. The minimum atomic E-state index is -0.296. The van der Waals surface area contributed by atoms with Crippen LogP contribution in [0.2, 0.25) is 0 Å². The van der Waals surface area contributed by atoms with Crippen LogP contribution < -0.4 is 0 Å². The van der Waals surface area contributed by atoms with Gasteiger partial charge in [0.25, 0.3) is 0 Å². The highest BCUT2D eigenvalue weighted by Gasteiger charge is 2.02. The molecule has 90 valence electrons. The summed E-state index contributed by atoms with van der Waals surface area (Å²) in [5, 5.41) is 0. The zero-order chi connectivity index (χ0) is 12.2. The van der Waals surface area contributed by atoms with Gasteiger partial charge in [-0.25, -0.2) is 4.79 Å². The summed E-state index contributed by atoms with van der Waals surface area (Å²) in [6.45, 7) is 2.18. The van der Waals surface area contributed by atoms with E-state index in [4.69, 9.17) is 27.9 Å². The topological polar surface area (TPSA) is 48.4 Å². The Bertz CT molecular complexity index is 281. The summed E-state index contributed by atoms with van der Waals surface area (Å²) in [5.74, 6) is -0.296. The van der Waals surface area contributed by atoms with Crippen molar-refractivity contribution in [2.75, 3.05) is 18.7 Å². The van der Waals surface area contributed by atoms with Gasteiger partial charge in [0.15, 0.2) is 0 Å². The van der Waals surface area contributed by atoms with E-state index in [1.165, 1.54) is 0 Å². The number of rotatable bonds is 4. The van der Waals surface area contributed by atoms with E-state index in [1.807, 2.05) is 0 Å². The predicted octanol–water partition coefficient (Wildman–Crippen LogP) is 2.65. The smallest absolute Gasteiger partial charge is 0.338 e. The van der Waals surface area contributed by atoms with Crippen LogP contribution in [0, 0.1) is 0 Å². The number of alkyl halides is 2. The molecule has 0 radical (unpaired) electrons. The summed E-state index contributed by atoms with van der Waals surface area (Å²) >= 11 is 9.99. The molecule has 1 rings (SSSR count). The normalized spacial score (nSPS) is 8.94. The first-order valence-corrected chi connectivity index (χ1v) is 5.60. The van der Waals surface area contributed by atoms with Gasteiger partial charge in [0, 0.05) is 12.4 Å². The minimum Gasteiger partial charge on any atom is -0.462 e. The van der Waals surface area contributed by atoms with E-state index < -0.39 is 0 Å². The van der Waals surface area contributed by atoms with Crippen LogP contribution in [0.3, 0.4) is 0 Å². The van der Waals surface area contributed by atoms with Gasteiger partial charge >= 0.3 is 5.97 Å². The summed E-state index contributed by atoms with van der Waals surface area (Å²) in [4.78, 5) is 14.8. The number of hydrogen-bond acceptors (Lipinski definition) is 4. The van der Waals surface area contributed by atoms with Crippen molar-refractivity contribution in [3.63, 3.8) is 0 Å². The number of esters is 1. The largest absolute Gasteiger partial charge is 0.462 e. The monoisotopic (exact) mass is 265 g/mol. The van der Waals surface area contributed by atoms with Gasteiger partial charge in [0.2, 0.25) is 0 Å². The Kier molecular flexibility index (Phi) is 10.1. The summed E-state index contributed by atoms with van der Waals surface area (Å²) in [7, 11) is 0. The molecule has 0 spiro atoms. The summed E-state index contributed by atoms with van der Waals surface area (Å²) in [6.07, 6.45) is 3.12. The second-order valence-corrected chi connectivity index (χ2v) is 2.82. The van der Waals surface area contributed by atoms with Gasteiger partial charge in [-0.05, 0) is 19.1 Å². The highest BCUT2D eigenvalue weighted by Crippen LogP contribution is 1.98. The molecule has 0 aromatic carbocycles. The maximum Gasteiger partial charge on any atom is 0.338 e. The van der Waals surface area contributed by atoms with Gasteiger partial charge in [0.1, 0.15) is 12.1 Å². The number of aromatic nitrogens is 1. The van der Waals surface area contributed by atoms with Crippen molar-refractivity contribution in [2.45, 2.75) is 6.92 Å². The van der Waals surface area contributed by atoms with Crippen molar-refractivity contribution >= 4 is 29.2 Å². The molecule has 0 saturated carbocycles. The van der Waals surface area contributed by atoms with E-state index in [2.05, 4.69) is 9.72 Å². The molecule has 4 nitrogen and oxygen atoms in total. The van der Waals surface area contributed by atoms with Crippen LogP contribution in [0.4, 0.5) is 0 Å². The SMILES string of the molecule is CCOC(=O)c1ccncc1.ClCOCCl. The molecule has 0 amide bonds. The number of carbonyl (C=O) groups is 1. The third kappa shape index (κ3) is 7.45. The van der Waals surface area contributed by atoms with Crippen LogP contribution in [0.15, 0.2) is 24.5 Å². The number of pyridine rings is 1. The van der Waals surface area contributed by atoms with Crippen molar-refractivity contribution in [1.29, 1.82) is 0 Å². The van der Waals surface area contributed by atoms with Gasteiger partial charge < -0.3 is 9.47 Å². The van der Waals surface area contributed by atoms with E-state index >= 15 is 0 Å². The summed E-state index contributed by atoms with van der Waals surface area (Å²) in [5.41, 5.74) is 0.543. The minimum absolute atomic E-state index is 0.184. The first-order valence-electron chi connectivity index (χ1n) is 4.53. The fourth-order valence-corrected chi connectivity index (χ4v) is 0.965. The molecule has 1 aromatic heterocycles. The molecular weight excluding hydrogens is 253 g/mol. The number of halogens is 2. The lowest BCUT2D eigenvalue weighted by atomic mass is 10.3. The zero-order valence-corrected chi connectivity index (χ0v) is 10.4. The Hall–Kier alpha value is -0.840. The average molecular weight is 266 g/mol. The molecule has 0 unspecified atom stereocenters. The number of nitrogens with zero attached hydrogens (tertiary/aromatic N) is 1. The Labute approximate surface area is 104 Å². The lowest BCUT2D eigenvalue weighted by Gasteiger charge is -1.98. The van der Waals surface area contributed by atoms with Gasteiger partial charge in [-0.1, -0.05) is 23.2 Å². The van der Waals surface area contributed by atoms with E-state index in [-0.39, 0.29) is 18.1 Å². The molecule has 0 saturated heterocycles. The van der Waals surface area contributed by atoms with Gasteiger partial charge in [-0.3, -0.25) is 4.98 Å². The van der Waals surface area contributed by atoms with Crippen LogP contribution in [0.1, 0.15) is 17.3 Å². The molecule has 0 aliphatic carbocycles. The van der Waals surface area contributed by atoms with Crippen molar-refractivity contribution in [3.8, 4) is 0 Å². The third-order valence-electron chi connectivity index (χ3n) is 1.35. The molecule has 0 N–H and O–H groups in total. The van der Waals surface area contributed by atoms with Crippen molar-refractivity contribution in [3.05, 3.63) is 30.1 Å². The van der Waals surface area contributed by atoms with Crippen LogP contribution in [-0.2, 0) is 9.47 Å². The highest BCUT2D eigenvalue weighted by molar-refractivity contribution is 6.18. The third-order valence-corrected chi connectivity index (χ3v) is 1.65. The molecule has 6 heteroatoms. The fourth-order valence-electron chi connectivity index (χ4n) is 0.732. The van der Waals surface area contributed by atoms with Gasteiger partial charge in [-0.15, -0.1) is 0 Å². The van der Waals surface area contributed by atoms with E-state index in [0.717, 1.165) is 0 Å². The predicted molar refractivity (Wildman–Crippen MR) is 62.7 cm³/mol. The Balaban J connectivity index is 0.000000385. The standard InChI is InChI=1S/C8H9NO2.C2H4Cl2O/c1-2-11-8(10)7-3-5-9-6-4-7;3-1-5-2-4/h3-6H,2H2,1H3;1-2H2. The first kappa shape index (κ1) is 15.2. The molecular formula is C10H13Cl2NO3. The van der Waals surface area contributed by atoms with Crippen LogP contribution in [0.5, 0.6) is 0 Å². The number of ether oxygens (including phenoxy) is 2. The number of hydrogen-bond donors (Lipinski definition) is 0. The van der Waals surface area contributed by atoms with Crippen molar-refractivity contribution in [2.24, 2.45) is 0 Å². The lowest BCUT2D eigenvalue weighted by Crippen LogP contribution is -2.03. The maximum atomic E-state index is 11.0. The molecule has 0 fully saturated rings. The quantitative estimate of drug-likeness (QED) is 0.621. The zero-order valence-electron chi connectivity index (χ0n) is 8.86. The Morgan fingerprint density at radius 1 is 1.31 bits per heavy atom. The van der Waals surface area contributed by atoms with Crippen molar-refractivity contribution in [1.82, 2.24) is 4.98 Å². The molecule has 1 aromatic rings. The van der Waals surface area contributed by atoms with Crippen LogP contribution in [-0.4, -0.2) is 29.7 Å². The molecule has 0 atom stereocenters. The van der Waals surface area contributed by atoms with Crippen LogP contribution >= 0.6 is 23.2 Å². The van der Waals surface area contributed by atoms with Crippen LogP contribution in [0.25, 0.3) is 0 Å². The molecule has 0 aliphatic heterocycles. The molecule has 0 aliphatic rings. The lowest BCUT2D eigenvalue weighted by molar-refractivity contribution is 0.0526. The number of carbonyl (C=O) groups excluding carboxylic acids is 1. The van der Waals surface area contributed by atoms with Crippen molar-refractivity contribution < 1.29 is 14.3 Å². The van der Waals surface area contributed by atoms with E-state index in [1.54, 1.807) is 31.5 Å². The Morgan fingerprint density at radius 2 is 1.88 bits per heavy atom. The van der Waals surface area contributed by atoms with Gasteiger partial charge in [0.05, 0.1) is 12.2 Å². The maximum absolute atomic E-state index is 11.0. The Morgan fingerprint density at radius 3 is 2.25 bits per heavy atom. The van der Waals surface area contributed by atoms with E-state index in [0.29, 0.717) is 12.2 Å². The average Bonchev–Trinajstić information content (AvgIpc) is 2.32. The molecule has 0 bridgehead atoms. The van der Waals surface area contributed by atoms with E-state index in [9.17, 15) is 4.79 Å². The molecule has 16 heavy (non-hydrogen) atoms. The molecule has 1 heterocycles. The fraction of sp³-hybridized carbons (Fsp3) is 0.400. The summed E-state index contributed by atoms with van der Waals surface area (Å²) < 4.78 is 9.13. The second-order valence-electron chi connectivity index (χ2n) is 2.38. The van der Waals surface area contributed by atoms with Gasteiger partial charge in [-0.2, -0.15) is 0 Å². The summed E-state index contributed by atoms with van der Waals surface area (Å²) in [6, 6.07) is 3.61. The first-order chi connectivity index (χ1) is 7.76. The second kappa shape index (κ2) is 10.7.